The van der Waals surface area contributed by atoms with Crippen LogP contribution < -0.4 is 5.69 Å². The van der Waals surface area contributed by atoms with E-state index in [0.29, 0.717) is 12.4 Å². The van der Waals surface area contributed by atoms with Gasteiger partial charge in [0.15, 0.2) is 0 Å². The molecule has 8 heteroatoms. The van der Waals surface area contributed by atoms with Crippen molar-refractivity contribution in [2.45, 2.75) is 78.3 Å². The first-order valence-corrected chi connectivity index (χ1v) is 13.1. The first kappa shape index (κ1) is 24.2. The van der Waals surface area contributed by atoms with Crippen LogP contribution in [0.15, 0.2) is 53.7 Å². The maximum absolute atomic E-state index is 13.9. The number of benzene rings is 1. The molecule has 1 aliphatic carbocycles. The highest BCUT2D eigenvalue weighted by atomic mass is 16.1. The predicted molar refractivity (Wildman–Crippen MR) is 141 cm³/mol. The summed E-state index contributed by atoms with van der Waals surface area (Å²) in [4.78, 5) is 18.3. The number of rotatable bonds is 8. The number of pyridine rings is 1. The van der Waals surface area contributed by atoms with Crippen LogP contribution in [0.3, 0.4) is 0 Å². The van der Waals surface area contributed by atoms with Gasteiger partial charge in [0.25, 0.3) is 0 Å². The first-order chi connectivity index (χ1) is 17.5. The zero-order valence-corrected chi connectivity index (χ0v) is 21.4. The van der Waals surface area contributed by atoms with Gasteiger partial charge in [-0.1, -0.05) is 64.3 Å². The molecule has 1 fully saturated rings. The van der Waals surface area contributed by atoms with Gasteiger partial charge in [-0.3, -0.25) is 14.1 Å². The quantitative estimate of drug-likeness (QED) is 0.359. The highest BCUT2D eigenvalue weighted by Crippen LogP contribution is 2.43. The molecule has 5 rings (SSSR count). The molecule has 188 valence electrons. The molecule has 8 nitrogen and oxygen atoms in total. The van der Waals surface area contributed by atoms with Crippen LogP contribution in [0.1, 0.15) is 76.6 Å². The molecular weight excluding hydrogens is 450 g/mol. The van der Waals surface area contributed by atoms with Crippen molar-refractivity contribution in [2.75, 3.05) is 0 Å². The molecule has 1 N–H and O–H groups in total. The number of aryl methyl sites for hydroxylation is 1. The Bertz CT molecular complexity index is 1350. The average Bonchev–Trinajstić information content (AvgIpc) is 3.52. The molecule has 0 amide bonds. The largest absolute Gasteiger partial charge is 0.328 e. The monoisotopic (exact) mass is 485 g/mol. The van der Waals surface area contributed by atoms with Crippen molar-refractivity contribution in [3.05, 3.63) is 70.7 Å². The van der Waals surface area contributed by atoms with E-state index < -0.39 is 0 Å². The summed E-state index contributed by atoms with van der Waals surface area (Å²) in [5.74, 6) is 0.565. The summed E-state index contributed by atoms with van der Waals surface area (Å²) in [6.07, 6.45) is 13.6. The van der Waals surface area contributed by atoms with Crippen molar-refractivity contribution in [2.24, 2.45) is 5.41 Å². The number of hydrogen-bond donors (Lipinski definition) is 1. The van der Waals surface area contributed by atoms with Crippen molar-refractivity contribution >= 4 is 0 Å². The van der Waals surface area contributed by atoms with E-state index >= 15 is 0 Å². The minimum atomic E-state index is 0.100. The second kappa shape index (κ2) is 10.2. The van der Waals surface area contributed by atoms with Gasteiger partial charge >= 0.3 is 5.69 Å². The Balaban J connectivity index is 1.50. The van der Waals surface area contributed by atoms with E-state index in [1.807, 2.05) is 39.7 Å². The van der Waals surface area contributed by atoms with Crippen LogP contribution in [0.5, 0.6) is 0 Å². The fourth-order valence-corrected chi connectivity index (χ4v) is 5.58. The van der Waals surface area contributed by atoms with Crippen LogP contribution in [0.4, 0.5) is 0 Å². The number of unbranched alkanes of at least 4 members (excludes halogenated alkanes) is 1. The summed E-state index contributed by atoms with van der Waals surface area (Å²) < 4.78 is 4.02. The number of hydrogen-bond acceptors (Lipinski definition) is 5. The Kier molecular flexibility index (Phi) is 6.85. The lowest BCUT2D eigenvalue weighted by Crippen LogP contribution is -2.37. The number of imidazole rings is 1. The van der Waals surface area contributed by atoms with Gasteiger partial charge in [-0.05, 0) is 59.1 Å². The Morgan fingerprint density at radius 3 is 2.64 bits per heavy atom. The van der Waals surface area contributed by atoms with Crippen molar-refractivity contribution in [3.63, 3.8) is 0 Å². The van der Waals surface area contributed by atoms with E-state index in [9.17, 15) is 4.79 Å². The number of aromatic nitrogens is 7. The molecule has 3 aromatic heterocycles. The fraction of sp³-hybridized carbons (Fsp3) is 0.464. The maximum atomic E-state index is 13.9. The molecular formula is C28H35N7O. The van der Waals surface area contributed by atoms with Crippen molar-refractivity contribution in [3.8, 4) is 22.5 Å². The van der Waals surface area contributed by atoms with Gasteiger partial charge in [0.05, 0.1) is 6.54 Å². The third kappa shape index (κ3) is 4.76. The standard InChI is InChI=1S/C28H35N7O/c1-4-5-8-23-19-35(25-9-6-7-15-28(25,2)3)27(36)34(23)18-22-17-29-16-14-24(22)20-10-12-21(13-11-20)26-30-32-33-31-26/h10-14,16-17,19,25H,4-9,15,18H2,1-3H3,(H,30,31,32,33). The van der Waals surface area contributed by atoms with Gasteiger partial charge in [-0.25, -0.2) is 4.79 Å². The van der Waals surface area contributed by atoms with Crippen LogP contribution >= 0.6 is 0 Å². The van der Waals surface area contributed by atoms with E-state index in [-0.39, 0.29) is 17.1 Å². The summed E-state index contributed by atoms with van der Waals surface area (Å²) in [6, 6.07) is 10.4. The van der Waals surface area contributed by atoms with E-state index in [2.05, 4.69) is 64.7 Å². The van der Waals surface area contributed by atoms with Gasteiger partial charge in [-0.15, -0.1) is 10.2 Å². The molecule has 0 radical (unpaired) electrons. The van der Waals surface area contributed by atoms with E-state index in [1.54, 1.807) is 0 Å². The molecule has 1 aromatic carbocycles. The number of tetrazole rings is 1. The molecule has 0 spiro atoms. The first-order valence-electron chi connectivity index (χ1n) is 13.1. The normalized spacial score (nSPS) is 17.4. The molecule has 1 aliphatic rings. The second-order valence-corrected chi connectivity index (χ2v) is 10.6. The molecule has 36 heavy (non-hydrogen) atoms. The van der Waals surface area contributed by atoms with Gasteiger partial charge < -0.3 is 0 Å². The smallest absolute Gasteiger partial charge is 0.295 e. The molecule has 0 aliphatic heterocycles. The third-order valence-corrected chi connectivity index (χ3v) is 7.69. The highest BCUT2D eigenvalue weighted by molar-refractivity contribution is 5.69. The van der Waals surface area contributed by atoms with Crippen LogP contribution in [0.2, 0.25) is 0 Å². The summed E-state index contributed by atoms with van der Waals surface area (Å²) in [7, 11) is 0. The van der Waals surface area contributed by atoms with Gasteiger partial charge in [-0.2, -0.15) is 5.21 Å². The number of aromatic amines is 1. The fourth-order valence-electron chi connectivity index (χ4n) is 5.58. The topological polar surface area (TPSA) is 94.3 Å². The van der Waals surface area contributed by atoms with Gasteiger partial charge in [0.2, 0.25) is 5.82 Å². The predicted octanol–water partition coefficient (Wildman–Crippen LogP) is 5.42. The third-order valence-electron chi connectivity index (χ3n) is 7.69. The summed E-state index contributed by atoms with van der Waals surface area (Å²) in [5, 5.41) is 14.3. The summed E-state index contributed by atoms with van der Waals surface area (Å²) in [6.45, 7) is 7.32. The van der Waals surface area contributed by atoms with E-state index in [0.717, 1.165) is 60.1 Å². The SMILES string of the molecule is CCCCc1cn(C2CCCCC2(C)C)c(=O)n1Cc1cnccc1-c1ccc(-c2nn[nH]n2)cc1. The minimum absolute atomic E-state index is 0.100. The van der Waals surface area contributed by atoms with E-state index in [1.165, 1.54) is 12.8 Å². The lowest BCUT2D eigenvalue weighted by Gasteiger charge is -2.38. The van der Waals surface area contributed by atoms with Crippen LogP contribution in [0, 0.1) is 5.41 Å². The van der Waals surface area contributed by atoms with Crippen molar-refractivity contribution in [1.82, 2.24) is 34.7 Å². The van der Waals surface area contributed by atoms with E-state index in [4.69, 9.17) is 0 Å². The lowest BCUT2D eigenvalue weighted by atomic mass is 9.73. The zero-order valence-electron chi connectivity index (χ0n) is 21.4. The van der Waals surface area contributed by atoms with Crippen molar-refractivity contribution in [1.29, 1.82) is 0 Å². The molecule has 3 heterocycles. The van der Waals surface area contributed by atoms with Crippen LogP contribution in [-0.2, 0) is 13.0 Å². The summed E-state index contributed by atoms with van der Waals surface area (Å²) >= 11 is 0. The Labute approximate surface area is 211 Å². The molecule has 1 unspecified atom stereocenters. The van der Waals surface area contributed by atoms with Crippen LogP contribution in [-0.4, -0.2) is 34.7 Å². The second-order valence-electron chi connectivity index (χ2n) is 10.6. The lowest BCUT2D eigenvalue weighted by molar-refractivity contribution is 0.140. The Hall–Kier alpha value is -3.55. The zero-order chi connectivity index (χ0) is 25.1. The molecule has 0 bridgehead atoms. The number of nitrogens with one attached hydrogen (secondary N) is 1. The Morgan fingerprint density at radius 1 is 1.11 bits per heavy atom. The number of nitrogens with zero attached hydrogens (tertiary/aromatic N) is 6. The van der Waals surface area contributed by atoms with Crippen LogP contribution in [0.25, 0.3) is 22.5 Å². The molecule has 1 atom stereocenters. The average molecular weight is 486 g/mol. The number of H-pyrrole nitrogens is 1. The van der Waals surface area contributed by atoms with Gasteiger partial charge in [0.1, 0.15) is 0 Å². The van der Waals surface area contributed by atoms with Gasteiger partial charge in [0, 0.05) is 35.9 Å². The summed E-state index contributed by atoms with van der Waals surface area (Å²) in [5.41, 5.74) is 5.41. The molecule has 0 saturated heterocycles. The maximum Gasteiger partial charge on any atom is 0.328 e. The molecule has 4 aromatic rings. The molecule has 1 saturated carbocycles. The Morgan fingerprint density at radius 2 is 1.92 bits per heavy atom. The highest BCUT2D eigenvalue weighted by Gasteiger charge is 2.35. The van der Waals surface area contributed by atoms with Crippen molar-refractivity contribution < 1.29 is 0 Å². The minimum Gasteiger partial charge on any atom is -0.295 e.